The normalized spacial score (nSPS) is 10.0. The Morgan fingerprint density at radius 3 is 2.73 bits per heavy atom. The van der Waals surface area contributed by atoms with Crippen molar-refractivity contribution in [1.29, 1.82) is 0 Å². The zero-order valence-corrected chi connectivity index (χ0v) is 8.82. The van der Waals surface area contributed by atoms with E-state index in [4.69, 9.17) is 16.2 Å². The van der Waals surface area contributed by atoms with Gasteiger partial charge in [0.25, 0.3) is 0 Å². The molecule has 4 heteroatoms. The fraction of sp³-hybridized carbons (Fsp3) is 0.364. The van der Waals surface area contributed by atoms with Crippen molar-refractivity contribution in [3.8, 4) is 5.75 Å². The average Bonchev–Trinajstić information content (AvgIpc) is 2.20. The van der Waals surface area contributed by atoms with Gasteiger partial charge < -0.3 is 16.2 Å². The lowest BCUT2D eigenvalue weighted by atomic mass is 10.1. The zero-order valence-electron chi connectivity index (χ0n) is 8.82. The fourth-order valence-electron chi connectivity index (χ4n) is 1.23. The van der Waals surface area contributed by atoms with E-state index in [2.05, 4.69) is 0 Å². The maximum absolute atomic E-state index is 10.9. The van der Waals surface area contributed by atoms with Gasteiger partial charge >= 0.3 is 0 Å². The number of benzene rings is 1. The Bertz CT molecular complexity index is 350. The first kappa shape index (κ1) is 11.5. The molecule has 0 aliphatic heterocycles. The molecule has 1 rings (SSSR count). The van der Waals surface area contributed by atoms with E-state index >= 15 is 0 Å². The minimum atomic E-state index is -0.424. The second-order valence-corrected chi connectivity index (χ2v) is 3.34. The molecule has 1 aromatic carbocycles. The van der Waals surface area contributed by atoms with Crippen molar-refractivity contribution in [2.45, 2.75) is 13.3 Å². The van der Waals surface area contributed by atoms with Gasteiger partial charge in [-0.3, -0.25) is 4.79 Å². The van der Waals surface area contributed by atoms with Gasteiger partial charge in [-0.25, -0.2) is 0 Å². The maximum Gasteiger partial charge on any atom is 0.248 e. The summed E-state index contributed by atoms with van der Waals surface area (Å²) in [4.78, 5) is 10.9. The SMILES string of the molecule is Cc1cc(C(N)=O)ccc1OCCCN. The summed E-state index contributed by atoms with van der Waals surface area (Å²) in [6, 6.07) is 5.14. The van der Waals surface area contributed by atoms with Crippen LogP contribution in [0.1, 0.15) is 22.3 Å². The Balaban J connectivity index is 2.70. The number of carbonyl (C=O) groups excluding carboxylic acids is 1. The van der Waals surface area contributed by atoms with Crippen molar-refractivity contribution in [2.24, 2.45) is 11.5 Å². The van der Waals surface area contributed by atoms with E-state index in [1.54, 1.807) is 18.2 Å². The van der Waals surface area contributed by atoms with E-state index < -0.39 is 5.91 Å². The van der Waals surface area contributed by atoms with Crippen LogP contribution in [-0.2, 0) is 0 Å². The molecule has 0 aliphatic rings. The summed E-state index contributed by atoms with van der Waals surface area (Å²) < 4.78 is 5.48. The van der Waals surface area contributed by atoms with Gasteiger partial charge in [0.2, 0.25) is 5.91 Å². The lowest BCUT2D eigenvalue weighted by Gasteiger charge is -2.09. The molecule has 0 radical (unpaired) electrons. The lowest BCUT2D eigenvalue weighted by Crippen LogP contribution is -2.11. The van der Waals surface area contributed by atoms with Crippen molar-refractivity contribution in [3.63, 3.8) is 0 Å². The maximum atomic E-state index is 10.9. The predicted octanol–water partition coefficient (Wildman–Crippen LogP) is 0.822. The quantitative estimate of drug-likeness (QED) is 0.703. The molecule has 4 N–H and O–H groups in total. The Hall–Kier alpha value is -1.55. The summed E-state index contributed by atoms with van der Waals surface area (Å²) in [5.74, 6) is 0.347. The molecule has 0 unspecified atom stereocenters. The summed E-state index contributed by atoms with van der Waals surface area (Å²) >= 11 is 0. The molecule has 0 atom stereocenters. The molecular weight excluding hydrogens is 192 g/mol. The van der Waals surface area contributed by atoms with Crippen LogP contribution < -0.4 is 16.2 Å². The minimum Gasteiger partial charge on any atom is -0.493 e. The van der Waals surface area contributed by atoms with Crippen LogP contribution in [0.4, 0.5) is 0 Å². The van der Waals surface area contributed by atoms with Crippen LogP contribution in [0, 0.1) is 6.92 Å². The highest BCUT2D eigenvalue weighted by molar-refractivity contribution is 5.93. The molecule has 0 saturated heterocycles. The molecule has 1 amide bonds. The molecule has 4 nitrogen and oxygen atoms in total. The summed E-state index contributed by atoms with van der Waals surface area (Å²) in [5.41, 5.74) is 11.9. The summed E-state index contributed by atoms with van der Waals surface area (Å²) in [7, 11) is 0. The van der Waals surface area contributed by atoms with Gasteiger partial charge in [0.05, 0.1) is 6.61 Å². The van der Waals surface area contributed by atoms with Crippen LogP contribution in [0.2, 0.25) is 0 Å². The number of aryl methyl sites for hydroxylation is 1. The van der Waals surface area contributed by atoms with Gasteiger partial charge in [-0.2, -0.15) is 0 Å². The van der Waals surface area contributed by atoms with E-state index in [0.717, 1.165) is 17.7 Å². The Morgan fingerprint density at radius 2 is 2.20 bits per heavy atom. The van der Waals surface area contributed by atoms with Gasteiger partial charge in [0.15, 0.2) is 0 Å². The van der Waals surface area contributed by atoms with Crippen molar-refractivity contribution < 1.29 is 9.53 Å². The lowest BCUT2D eigenvalue weighted by molar-refractivity contribution is 0.1000. The monoisotopic (exact) mass is 208 g/mol. The van der Waals surface area contributed by atoms with Crippen LogP contribution in [0.15, 0.2) is 18.2 Å². The van der Waals surface area contributed by atoms with Crippen LogP contribution in [0.5, 0.6) is 5.75 Å². The smallest absolute Gasteiger partial charge is 0.248 e. The first-order chi connectivity index (χ1) is 7.15. The largest absolute Gasteiger partial charge is 0.493 e. The fourth-order valence-corrected chi connectivity index (χ4v) is 1.23. The molecule has 0 aliphatic carbocycles. The number of primary amides is 1. The van der Waals surface area contributed by atoms with Crippen molar-refractivity contribution in [2.75, 3.05) is 13.2 Å². The molecule has 15 heavy (non-hydrogen) atoms. The Morgan fingerprint density at radius 1 is 1.47 bits per heavy atom. The minimum absolute atomic E-state index is 0.424. The molecule has 0 saturated carbocycles. The van der Waals surface area contributed by atoms with Crippen LogP contribution in [-0.4, -0.2) is 19.1 Å². The predicted molar refractivity (Wildman–Crippen MR) is 58.9 cm³/mol. The standard InChI is InChI=1S/C11H16N2O2/c1-8-7-9(11(13)14)3-4-10(8)15-6-2-5-12/h3-4,7H,2,5-6,12H2,1H3,(H2,13,14). The highest BCUT2D eigenvalue weighted by atomic mass is 16.5. The third kappa shape index (κ3) is 3.25. The average molecular weight is 208 g/mol. The van der Waals surface area contributed by atoms with E-state index in [9.17, 15) is 4.79 Å². The third-order valence-electron chi connectivity index (χ3n) is 2.07. The number of hydrogen-bond donors (Lipinski definition) is 2. The first-order valence-corrected chi connectivity index (χ1v) is 4.88. The summed E-state index contributed by atoms with van der Waals surface area (Å²) in [5, 5.41) is 0. The molecule has 1 aromatic rings. The second-order valence-electron chi connectivity index (χ2n) is 3.34. The van der Waals surface area contributed by atoms with E-state index in [0.29, 0.717) is 18.7 Å². The van der Waals surface area contributed by atoms with Gasteiger partial charge in [0.1, 0.15) is 5.75 Å². The van der Waals surface area contributed by atoms with Crippen molar-refractivity contribution in [1.82, 2.24) is 0 Å². The Kier molecular flexibility index (Phi) is 4.12. The number of hydrogen-bond acceptors (Lipinski definition) is 3. The van der Waals surface area contributed by atoms with E-state index in [-0.39, 0.29) is 0 Å². The third-order valence-corrected chi connectivity index (χ3v) is 2.07. The van der Waals surface area contributed by atoms with Gasteiger partial charge in [-0.1, -0.05) is 0 Å². The summed E-state index contributed by atoms with van der Waals surface area (Å²) in [6.45, 7) is 3.08. The van der Waals surface area contributed by atoms with Crippen molar-refractivity contribution in [3.05, 3.63) is 29.3 Å². The molecule has 82 valence electrons. The molecule has 0 fully saturated rings. The topological polar surface area (TPSA) is 78.3 Å². The highest BCUT2D eigenvalue weighted by Crippen LogP contribution is 2.18. The molecular formula is C11H16N2O2. The number of carbonyl (C=O) groups is 1. The van der Waals surface area contributed by atoms with Gasteiger partial charge in [-0.15, -0.1) is 0 Å². The second kappa shape index (κ2) is 5.36. The molecule has 0 bridgehead atoms. The van der Waals surface area contributed by atoms with Crippen LogP contribution >= 0.6 is 0 Å². The number of ether oxygens (including phenoxy) is 1. The summed E-state index contributed by atoms with van der Waals surface area (Å²) in [6.07, 6.45) is 0.816. The van der Waals surface area contributed by atoms with Crippen LogP contribution in [0.25, 0.3) is 0 Å². The number of amides is 1. The van der Waals surface area contributed by atoms with Crippen LogP contribution in [0.3, 0.4) is 0 Å². The van der Waals surface area contributed by atoms with E-state index in [1.165, 1.54) is 0 Å². The highest BCUT2D eigenvalue weighted by Gasteiger charge is 2.04. The van der Waals surface area contributed by atoms with Crippen molar-refractivity contribution >= 4 is 5.91 Å². The first-order valence-electron chi connectivity index (χ1n) is 4.88. The molecule has 0 aromatic heterocycles. The molecule has 0 spiro atoms. The van der Waals surface area contributed by atoms with Gasteiger partial charge in [-0.05, 0) is 43.7 Å². The van der Waals surface area contributed by atoms with E-state index in [1.807, 2.05) is 6.92 Å². The zero-order chi connectivity index (χ0) is 11.3. The molecule has 0 heterocycles. The number of rotatable bonds is 5. The number of nitrogens with two attached hydrogens (primary N) is 2. The van der Waals surface area contributed by atoms with Gasteiger partial charge in [0, 0.05) is 5.56 Å². The Labute approximate surface area is 89.2 Å².